The van der Waals surface area contributed by atoms with Crippen LogP contribution < -0.4 is 0 Å². The van der Waals surface area contributed by atoms with Crippen molar-refractivity contribution in [3.05, 3.63) is 0 Å². The molecule has 0 aliphatic carbocycles. The first-order valence-corrected chi connectivity index (χ1v) is 3.22. The summed E-state index contributed by atoms with van der Waals surface area (Å²) in [5, 5.41) is 17.6. The molecule has 4 heteroatoms. The molecule has 2 N–H and O–H groups in total. The molecule has 0 aromatic rings. The zero-order chi connectivity index (χ0) is 7.72. The molecule has 1 fully saturated rings. The van der Waals surface area contributed by atoms with E-state index >= 15 is 0 Å². The third kappa shape index (κ3) is 1.27. The standard InChI is InChI=1S/C6H11NO3/c1-7-3-4(6(9)10)2-5(7)8/h4-5,8H,2-3H2,1H3,(H,9,10)/t4?,5-/m0/s1. The zero-order valence-electron chi connectivity index (χ0n) is 5.82. The van der Waals surface area contributed by atoms with Crippen molar-refractivity contribution in [3.63, 3.8) is 0 Å². The highest BCUT2D eigenvalue weighted by Gasteiger charge is 2.32. The van der Waals surface area contributed by atoms with Crippen molar-refractivity contribution in [3.8, 4) is 0 Å². The van der Waals surface area contributed by atoms with Crippen molar-refractivity contribution >= 4 is 5.97 Å². The number of hydrogen-bond donors (Lipinski definition) is 2. The Morgan fingerprint density at radius 3 is 2.50 bits per heavy atom. The predicted octanol–water partition coefficient (Wildman–Crippen LogP) is -0.659. The summed E-state index contributed by atoms with van der Waals surface area (Å²) >= 11 is 0. The number of aliphatic hydroxyl groups is 1. The molecule has 0 amide bonds. The van der Waals surface area contributed by atoms with E-state index in [1.165, 1.54) is 0 Å². The highest BCUT2D eigenvalue weighted by atomic mass is 16.4. The largest absolute Gasteiger partial charge is 0.481 e. The molecule has 0 bridgehead atoms. The van der Waals surface area contributed by atoms with Crippen molar-refractivity contribution in [2.45, 2.75) is 12.6 Å². The van der Waals surface area contributed by atoms with Gasteiger partial charge in [0.05, 0.1) is 5.92 Å². The first kappa shape index (κ1) is 7.50. The van der Waals surface area contributed by atoms with Crippen LogP contribution in [0.25, 0.3) is 0 Å². The minimum atomic E-state index is -0.816. The van der Waals surface area contributed by atoms with Gasteiger partial charge in [0.25, 0.3) is 0 Å². The van der Waals surface area contributed by atoms with Gasteiger partial charge in [-0.25, -0.2) is 0 Å². The fourth-order valence-corrected chi connectivity index (χ4v) is 1.16. The van der Waals surface area contributed by atoms with Gasteiger partial charge in [0.1, 0.15) is 6.23 Å². The number of rotatable bonds is 1. The lowest BCUT2D eigenvalue weighted by Crippen LogP contribution is -2.24. The molecule has 1 unspecified atom stereocenters. The topological polar surface area (TPSA) is 60.8 Å². The van der Waals surface area contributed by atoms with E-state index in [1.807, 2.05) is 0 Å². The summed E-state index contributed by atoms with van der Waals surface area (Å²) in [6.45, 7) is 0.455. The van der Waals surface area contributed by atoms with E-state index in [0.29, 0.717) is 13.0 Å². The predicted molar refractivity (Wildman–Crippen MR) is 34.4 cm³/mol. The van der Waals surface area contributed by atoms with Crippen molar-refractivity contribution in [2.24, 2.45) is 5.92 Å². The van der Waals surface area contributed by atoms with Crippen molar-refractivity contribution in [2.75, 3.05) is 13.6 Å². The lowest BCUT2D eigenvalue weighted by Gasteiger charge is -2.10. The van der Waals surface area contributed by atoms with Gasteiger partial charge in [-0.2, -0.15) is 0 Å². The maximum atomic E-state index is 10.4. The molecule has 58 valence electrons. The molecule has 10 heavy (non-hydrogen) atoms. The average Bonchev–Trinajstić information content (AvgIpc) is 2.13. The lowest BCUT2D eigenvalue weighted by molar-refractivity contribution is -0.141. The van der Waals surface area contributed by atoms with Crippen LogP contribution in [-0.4, -0.2) is 40.9 Å². The SMILES string of the molecule is CN1CC(C(=O)O)C[C@@H]1O. The highest BCUT2D eigenvalue weighted by molar-refractivity contribution is 5.70. The van der Waals surface area contributed by atoms with Crippen molar-refractivity contribution in [1.29, 1.82) is 0 Å². The quantitative estimate of drug-likeness (QED) is 0.514. The normalized spacial score (nSPS) is 34.6. The van der Waals surface area contributed by atoms with E-state index in [-0.39, 0.29) is 5.92 Å². The van der Waals surface area contributed by atoms with Gasteiger partial charge in [-0.15, -0.1) is 0 Å². The monoisotopic (exact) mass is 145 g/mol. The summed E-state index contributed by atoms with van der Waals surface area (Å²) in [6, 6.07) is 0. The molecule has 0 aromatic heterocycles. The number of likely N-dealkylation sites (tertiary alicyclic amines) is 1. The summed E-state index contributed by atoms with van der Waals surface area (Å²) in [7, 11) is 1.72. The molecule has 0 aromatic carbocycles. The smallest absolute Gasteiger partial charge is 0.307 e. The molecule has 0 saturated carbocycles. The maximum Gasteiger partial charge on any atom is 0.307 e. The van der Waals surface area contributed by atoms with Crippen LogP contribution in [0.3, 0.4) is 0 Å². The number of hydrogen-bond acceptors (Lipinski definition) is 3. The molecular weight excluding hydrogens is 134 g/mol. The number of nitrogens with zero attached hydrogens (tertiary/aromatic N) is 1. The second kappa shape index (κ2) is 2.56. The molecule has 0 spiro atoms. The Labute approximate surface area is 59.1 Å². The van der Waals surface area contributed by atoms with Gasteiger partial charge in [0, 0.05) is 13.0 Å². The number of carboxylic acids is 1. The van der Waals surface area contributed by atoms with E-state index in [1.54, 1.807) is 11.9 Å². The molecule has 1 saturated heterocycles. The molecule has 4 nitrogen and oxygen atoms in total. The first-order chi connectivity index (χ1) is 4.61. The molecule has 1 aliphatic rings. The summed E-state index contributed by atoms with van der Waals surface area (Å²) in [4.78, 5) is 12.0. The molecule has 1 rings (SSSR count). The minimum Gasteiger partial charge on any atom is -0.481 e. The summed E-state index contributed by atoms with van der Waals surface area (Å²) in [5.74, 6) is -1.21. The van der Waals surface area contributed by atoms with Gasteiger partial charge in [-0.05, 0) is 7.05 Å². The van der Waals surface area contributed by atoms with E-state index in [2.05, 4.69) is 0 Å². The van der Waals surface area contributed by atoms with Crippen molar-refractivity contribution in [1.82, 2.24) is 4.90 Å². The van der Waals surface area contributed by atoms with Gasteiger partial charge in [-0.3, -0.25) is 9.69 Å². The van der Waals surface area contributed by atoms with Gasteiger partial charge in [0.2, 0.25) is 0 Å². The van der Waals surface area contributed by atoms with E-state index in [9.17, 15) is 4.79 Å². The minimum absolute atomic E-state index is 0.353. The molecule has 1 heterocycles. The van der Waals surface area contributed by atoms with Crippen molar-refractivity contribution < 1.29 is 15.0 Å². The maximum absolute atomic E-state index is 10.4. The molecule has 0 radical (unpaired) electrons. The highest BCUT2D eigenvalue weighted by Crippen LogP contribution is 2.19. The van der Waals surface area contributed by atoms with E-state index in [4.69, 9.17) is 10.2 Å². The summed E-state index contributed by atoms with van der Waals surface area (Å²) in [5.41, 5.74) is 0. The Kier molecular flexibility index (Phi) is 1.92. The Balaban J connectivity index is 2.49. The van der Waals surface area contributed by atoms with Crippen LogP contribution in [0, 0.1) is 5.92 Å². The van der Waals surface area contributed by atoms with Crippen LogP contribution >= 0.6 is 0 Å². The first-order valence-electron chi connectivity index (χ1n) is 3.22. The number of aliphatic carboxylic acids is 1. The fourth-order valence-electron chi connectivity index (χ4n) is 1.16. The van der Waals surface area contributed by atoms with E-state index in [0.717, 1.165) is 0 Å². The average molecular weight is 145 g/mol. The number of carboxylic acid groups (broad SMARTS) is 1. The van der Waals surface area contributed by atoms with Crippen LogP contribution in [0.15, 0.2) is 0 Å². The third-order valence-corrected chi connectivity index (χ3v) is 1.86. The fraction of sp³-hybridized carbons (Fsp3) is 0.833. The van der Waals surface area contributed by atoms with Crippen LogP contribution in [0.2, 0.25) is 0 Å². The van der Waals surface area contributed by atoms with Crippen LogP contribution in [0.1, 0.15) is 6.42 Å². The molecule has 1 aliphatic heterocycles. The summed E-state index contributed by atoms with van der Waals surface area (Å²) < 4.78 is 0. The molecular formula is C6H11NO3. The second-order valence-electron chi connectivity index (χ2n) is 2.69. The van der Waals surface area contributed by atoms with E-state index < -0.39 is 12.2 Å². The van der Waals surface area contributed by atoms with Crippen LogP contribution in [0.5, 0.6) is 0 Å². The number of aliphatic hydroxyl groups excluding tert-OH is 1. The Morgan fingerprint density at radius 1 is 1.70 bits per heavy atom. The van der Waals surface area contributed by atoms with Gasteiger partial charge < -0.3 is 10.2 Å². The Hall–Kier alpha value is -0.610. The van der Waals surface area contributed by atoms with Crippen LogP contribution in [-0.2, 0) is 4.79 Å². The Morgan fingerprint density at radius 2 is 2.30 bits per heavy atom. The third-order valence-electron chi connectivity index (χ3n) is 1.86. The van der Waals surface area contributed by atoms with Crippen LogP contribution in [0.4, 0.5) is 0 Å². The van der Waals surface area contributed by atoms with Gasteiger partial charge in [-0.1, -0.05) is 0 Å². The Bertz CT molecular complexity index is 138. The zero-order valence-corrected chi connectivity index (χ0v) is 5.82. The van der Waals surface area contributed by atoms with Gasteiger partial charge in [0.15, 0.2) is 0 Å². The number of carbonyl (C=O) groups is 1. The van der Waals surface area contributed by atoms with Gasteiger partial charge >= 0.3 is 5.97 Å². The molecule has 2 atom stereocenters. The summed E-state index contributed by atoms with van der Waals surface area (Å²) in [6.07, 6.45) is -0.215. The second-order valence-corrected chi connectivity index (χ2v) is 2.69. The lowest BCUT2D eigenvalue weighted by atomic mass is 10.1.